The molecule has 0 unspecified atom stereocenters. The summed E-state index contributed by atoms with van der Waals surface area (Å²) < 4.78 is 64.6. The zero-order valence-electron chi connectivity index (χ0n) is 15.9. The molecule has 2 aromatic rings. The van der Waals surface area contributed by atoms with Crippen molar-refractivity contribution in [2.75, 3.05) is 13.1 Å². The second-order valence-electron chi connectivity index (χ2n) is 6.04. The molecule has 1 aromatic carbocycles. The number of carbonyl (C=O) groups is 1. The van der Waals surface area contributed by atoms with E-state index in [2.05, 4.69) is 10.6 Å². The third-order valence-corrected chi connectivity index (χ3v) is 7.67. The molecular weight excluding hydrogens is 427 g/mol. The smallest absolute Gasteiger partial charge is 0.334 e. The first-order chi connectivity index (χ1) is 13.6. The molecule has 0 atom stereocenters. The van der Waals surface area contributed by atoms with Gasteiger partial charge in [0.15, 0.2) is 0 Å². The number of urea groups is 1. The van der Waals surface area contributed by atoms with Gasteiger partial charge in [-0.25, -0.2) is 13.2 Å². The lowest BCUT2D eigenvalue weighted by Crippen LogP contribution is -2.34. The highest BCUT2D eigenvalue weighted by molar-refractivity contribution is 7.91. The molecule has 0 saturated heterocycles. The van der Waals surface area contributed by atoms with Crippen molar-refractivity contribution >= 4 is 27.4 Å². The molecule has 11 heteroatoms. The van der Waals surface area contributed by atoms with Crippen LogP contribution in [0.2, 0.25) is 0 Å². The first-order valence-corrected chi connectivity index (χ1v) is 11.1. The molecule has 0 aliphatic heterocycles. The predicted molar refractivity (Wildman–Crippen MR) is 105 cm³/mol. The van der Waals surface area contributed by atoms with E-state index >= 15 is 0 Å². The molecule has 2 rings (SSSR count). The van der Waals surface area contributed by atoms with Gasteiger partial charge in [-0.15, -0.1) is 11.3 Å². The summed E-state index contributed by atoms with van der Waals surface area (Å²) >= 11 is 1.06. The van der Waals surface area contributed by atoms with E-state index in [9.17, 15) is 26.4 Å². The van der Waals surface area contributed by atoms with Gasteiger partial charge in [-0.05, 0) is 29.8 Å². The van der Waals surface area contributed by atoms with Crippen LogP contribution in [0.25, 0.3) is 0 Å². The Bertz CT molecular complexity index is 939. The number of hydrogen-bond acceptors (Lipinski definition) is 4. The quantitative estimate of drug-likeness (QED) is 0.644. The molecule has 0 aliphatic carbocycles. The van der Waals surface area contributed by atoms with Gasteiger partial charge in [-0.2, -0.15) is 17.5 Å². The normalized spacial score (nSPS) is 12.2. The van der Waals surface area contributed by atoms with Crippen molar-refractivity contribution in [2.24, 2.45) is 0 Å². The Morgan fingerprint density at radius 3 is 2.34 bits per heavy atom. The number of halogens is 3. The second kappa shape index (κ2) is 9.59. The number of benzene rings is 1. The number of nitrogens with one attached hydrogen (secondary N) is 2. The Hall–Kier alpha value is -2.11. The van der Waals surface area contributed by atoms with E-state index in [1.54, 1.807) is 19.9 Å². The van der Waals surface area contributed by atoms with Crippen molar-refractivity contribution in [2.45, 2.75) is 37.3 Å². The number of sulfonamides is 1. The van der Waals surface area contributed by atoms with Crippen LogP contribution in [-0.2, 0) is 29.3 Å². The lowest BCUT2D eigenvalue weighted by atomic mass is 10.1. The molecule has 0 bridgehead atoms. The monoisotopic (exact) mass is 449 g/mol. The van der Waals surface area contributed by atoms with Crippen LogP contribution >= 0.6 is 11.3 Å². The maximum atomic E-state index is 12.7. The number of carbonyl (C=O) groups excluding carboxylic acids is 1. The number of alkyl halides is 3. The van der Waals surface area contributed by atoms with Crippen LogP contribution in [0.15, 0.2) is 40.6 Å². The topological polar surface area (TPSA) is 78.5 Å². The van der Waals surface area contributed by atoms with Crippen LogP contribution in [0.1, 0.15) is 29.9 Å². The molecule has 0 radical (unpaired) electrons. The molecule has 6 nitrogen and oxygen atoms in total. The van der Waals surface area contributed by atoms with Gasteiger partial charge in [0.25, 0.3) is 10.0 Å². The van der Waals surface area contributed by atoms with E-state index in [1.807, 2.05) is 0 Å². The maximum absolute atomic E-state index is 12.7. The summed E-state index contributed by atoms with van der Waals surface area (Å²) in [4.78, 5) is 12.6. The first kappa shape index (κ1) is 23.2. The highest BCUT2D eigenvalue weighted by Gasteiger charge is 2.30. The molecule has 2 amide bonds. The molecule has 1 heterocycles. The Kier molecular flexibility index (Phi) is 7.66. The molecule has 2 N–H and O–H groups in total. The van der Waals surface area contributed by atoms with Crippen molar-refractivity contribution in [3.05, 3.63) is 52.4 Å². The summed E-state index contributed by atoms with van der Waals surface area (Å²) in [5.41, 5.74) is -0.462. The average molecular weight is 450 g/mol. The van der Waals surface area contributed by atoms with E-state index in [0.717, 1.165) is 23.5 Å². The average Bonchev–Trinajstić information content (AvgIpc) is 3.15. The van der Waals surface area contributed by atoms with E-state index in [4.69, 9.17) is 0 Å². The Balaban J connectivity index is 1.90. The number of thiophene rings is 1. The van der Waals surface area contributed by atoms with Crippen molar-refractivity contribution in [1.29, 1.82) is 0 Å². The molecule has 0 fully saturated rings. The Morgan fingerprint density at radius 1 is 1.07 bits per heavy atom. The molecule has 29 heavy (non-hydrogen) atoms. The molecule has 0 aliphatic rings. The highest BCUT2D eigenvalue weighted by atomic mass is 32.2. The number of amides is 2. The van der Waals surface area contributed by atoms with Crippen LogP contribution in [0.3, 0.4) is 0 Å². The van der Waals surface area contributed by atoms with Gasteiger partial charge in [0.05, 0.1) is 12.1 Å². The SMILES string of the molecule is CCN(CC)S(=O)(=O)c1ccc(CNC(=O)NCc2cccc(C(F)(F)F)c2)s1. The van der Waals surface area contributed by atoms with Gasteiger partial charge >= 0.3 is 12.2 Å². The lowest BCUT2D eigenvalue weighted by Gasteiger charge is -2.16. The Morgan fingerprint density at radius 2 is 1.72 bits per heavy atom. The molecule has 1 aromatic heterocycles. The minimum Gasteiger partial charge on any atom is -0.334 e. The van der Waals surface area contributed by atoms with Crippen LogP contribution < -0.4 is 10.6 Å². The zero-order chi connectivity index (χ0) is 21.7. The Labute approximate surface area is 171 Å². The van der Waals surface area contributed by atoms with Crippen molar-refractivity contribution in [1.82, 2.24) is 14.9 Å². The summed E-state index contributed by atoms with van der Waals surface area (Å²) in [5, 5.41) is 5.05. The van der Waals surface area contributed by atoms with Crippen LogP contribution in [0, 0.1) is 0 Å². The minimum atomic E-state index is -4.44. The summed E-state index contributed by atoms with van der Waals surface area (Å²) in [6, 6.07) is 7.25. The fourth-order valence-electron chi connectivity index (χ4n) is 2.55. The van der Waals surface area contributed by atoms with Crippen LogP contribution in [-0.4, -0.2) is 31.8 Å². The fraction of sp³-hybridized carbons (Fsp3) is 0.389. The van der Waals surface area contributed by atoms with Gasteiger partial charge in [0.2, 0.25) is 0 Å². The maximum Gasteiger partial charge on any atom is 0.416 e. The van der Waals surface area contributed by atoms with Gasteiger partial charge in [0, 0.05) is 24.5 Å². The number of hydrogen-bond donors (Lipinski definition) is 2. The largest absolute Gasteiger partial charge is 0.416 e. The molecule has 0 spiro atoms. The van der Waals surface area contributed by atoms with E-state index < -0.39 is 27.8 Å². The fourth-order valence-corrected chi connectivity index (χ4v) is 5.46. The standard InChI is InChI=1S/C18H22F3N3O3S2/c1-3-24(4-2)29(26,27)16-9-8-15(28-16)12-23-17(25)22-11-13-6-5-7-14(10-13)18(19,20)21/h5-10H,3-4,11-12H2,1-2H3,(H2,22,23,25). The summed E-state index contributed by atoms with van der Waals surface area (Å²) in [5.74, 6) is 0. The summed E-state index contributed by atoms with van der Waals surface area (Å²) in [6.45, 7) is 4.27. The summed E-state index contributed by atoms with van der Waals surface area (Å²) in [7, 11) is -3.55. The molecular formula is C18H22F3N3O3S2. The van der Waals surface area contributed by atoms with E-state index in [1.165, 1.54) is 22.5 Å². The number of rotatable bonds is 8. The third-order valence-electron chi connectivity index (χ3n) is 4.07. The van der Waals surface area contributed by atoms with E-state index in [0.29, 0.717) is 23.5 Å². The van der Waals surface area contributed by atoms with Crippen LogP contribution in [0.5, 0.6) is 0 Å². The predicted octanol–water partition coefficient (Wildman–Crippen LogP) is 3.80. The first-order valence-electron chi connectivity index (χ1n) is 8.84. The van der Waals surface area contributed by atoms with Gasteiger partial charge < -0.3 is 10.6 Å². The van der Waals surface area contributed by atoms with E-state index in [-0.39, 0.29) is 17.3 Å². The van der Waals surface area contributed by atoms with Crippen molar-refractivity contribution in [3.63, 3.8) is 0 Å². The third kappa shape index (κ3) is 6.18. The van der Waals surface area contributed by atoms with Crippen molar-refractivity contribution < 1.29 is 26.4 Å². The molecule has 0 saturated carbocycles. The molecule has 160 valence electrons. The highest BCUT2D eigenvalue weighted by Crippen LogP contribution is 2.29. The van der Waals surface area contributed by atoms with Gasteiger partial charge in [0.1, 0.15) is 4.21 Å². The second-order valence-corrected chi connectivity index (χ2v) is 9.38. The van der Waals surface area contributed by atoms with Gasteiger partial charge in [-0.3, -0.25) is 0 Å². The zero-order valence-corrected chi connectivity index (χ0v) is 17.5. The van der Waals surface area contributed by atoms with Crippen LogP contribution in [0.4, 0.5) is 18.0 Å². The van der Waals surface area contributed by atoms with Gasteiger partial charge in [-0.1, -0.05) is 26.0 Å². The van der Waals surface area contributed by atoms with Crippen molar-refractivity contribution in [3.8, 4) is 0 Å². The minimum absolute atomic E-state index is 0.0677. The lowest BCUT2D eigenvalue weighted by molar-refractivity contribution is -0.137. The number of nitrogens with zero attached hydrogens (tertiary/aromatic N) is 1. The summed E-state index contributed by atoms with van der Waals surface area (Å²) in [6.07, 6.45) is -4.44.